The molecule has 3 aromatic carbocycles. The zero-order valence-corrected chi connectivity index (χ0v) is 11.2. The highest BCUT2D eigenvalue weighted by molar-refractivity contribution is 6.25. The third-order valence-electron chi connectivity index (χ3n) is 4.09. The van der Waals surface area contributed by atoms with E-state index >= 15 is 0 Å². The van der Waals surface area contributed by atoms with Gasteiger partial charge in [-0.25, -0.2) is 0 Å². The van der Waals surface area contributed by atoms with Gasteiger partial charge in [0.05, 0.1) is 5.52 Å². The first-order valence-corrected chi connectivity index (χ1v) is 6.99. The fraction of sp³-hybridized carbons (Fsp3) is 0. The second-order valence-corrected chi connectivity index (χ2v) is 5.28. The van der Waals surface area contributed by atoms with Gasteiger partial charge in [0.1, 0.15) is 11.2 Å². The van der Waals surface area contributed by atoms with Gasteiger partial charge in [-0.2, -0.15) is 0 Å². The van der Waals surface area contributed by atoms with Crippen LogP contribution in [-0.4, -0.2) is 4.98 Å². The second-order valence-electron chi connectivity index (χ2n) is 5.28. The molecule has 5 aromatic rings. The Hall–Kier alpha value is -2.87. The quantitative estimate of drug-likeness (QED) is 0.357. The van der Waals surface area contributed by atoms with E-state index in [0.29, 0.717) is 0 Å². The lowest BCUT2D eigenvalue weighted by molar-refractivity contribution is 0.669. The largest absolute Gasteiger partial charge is 0.456 e. The van der Waals surface area contributed by atoms with Crippen molar-refractivity contribution in [1.82, 2.24) is 4.98 Å². The Balaban J connectivity index is 2.19. The molecule has 0 radical (unpaired) electrons. The van der Waals surface area contributed by atoms with Gasteiger partial charge in [0.2, 0.25) is 0 Å². The van der Waals surface area contributed by atoms with Crippen LogP contribution in [0.4, 0.5) is 0 Å². The first kappa shape index (κ1) is 10.9. The SMILES string of the molecule is c1ccc2c(c1)ncc1ccc3oc4ccccc4c3c12. The number of pyridine rings is 1. The minimum Gasteiger partial charge on any atom is -0.456 e. The van der Waals surface area contributed by atoms with Gasteiger partial charge < -0.3 is 4.42 Å². The summed E-state index contributed by atoms with van der Waals surface area (Å²) in [5, 5.41) is 5.89. The van der Waals surface area contributed by atoms with Crippen LogP contribution in [0.25, 0.3) is 43.6 Å². The van der Waals surface area contributed by atoms with Crippen molar-refractivity contribution < 1.29 is 4.42 Å². The van der Waals surface area contributed by atoms with Crippen molar-refractivity contribution in [3.05, 3.63) is 66.9 Å². The van der Waals surface area contributed by atoms with Crippen LogP contribution in [0.15, 0.2) is 71.3 Å². The molecular weight excluding hydrogens is 258 g/mol. The summed E-state index contributed by atoms with van der Waals surface area (Å²) < 4.78 is 5.99. The molecule has 0 aliphatic carbocycles. The first-order chi connectivity index (χ1) is 10.4. The van der Waals surface area contributed by atoms with Crippen molar-refractivity contribution in [3.8, 4) is 0 Å². The number of rotatable bonds is 0. The fourth-order valence-electron chi connectivity index (χ4n) is 3.17. The molecule has 2 nitrogen and oxygen atoms in total. The van der Waals surface area contributed by atoms with Crippen LogP contribution >= 0.6 is 0 Å². The smallest absolute Gasteiger partial charge is 0.136 e. The lowest BCUT2D eigenvalue weighted by atomic mass is 10.0. The normalized spacial score (nSPS) is 11.8. The molecule has 0 unspecified atom stereocenters. The summed E-state index contributed by atoms with van der Waals surface area (Å²) in [6.07, 6.45) is 1.94. The molecule has 0 spiro atoms. The number of para-hydroxylation sites is 2. The predicted octanol–water partition coefficient (Wildman–Crippen LogP) is 5.29. The van der Waals surface area contributed by atoms with Gasteiger partial charge in [-0.3, -0.25) is 4.98 Å². The average molecular weight is 269 g/mol. The number of fused-ring (bicyclic) bond motifs is 7. The highest BCUT2D eigenvalue weighted by Gasteiger charge is 2.12. The maximum Gasteiger partial charge on any atom is 0.136 e. The van der Waals surface area contributed by atoms with Crippen LogP contribution in [0, 0.1) is 0 Å². The van der Waals surface area contributed by atoms with E-state index in [1.54, 1.807) is 0 Å². The molecular formula is C19H11NO. The highest BCUT2D eigenvalue weighted by Crippen LogP contribution is 2.37. The lowest BCUT2D eigenvalue weighted by Crippen LogP contribution is -1.82. The summed E-state index contributed by atoms with van der Waals surface area (Å²) in [5.74, 6) is 0. The number of hydrogen-bond acceptors (Lipinski definition) is 2. The molecule has 5 rings (SSSR count). The minimum absolute atomic E-state index is 0.931. The fourth-order valence-corrected chi connectivity index (χ4v) is 3.17. The summed E-state index contributed by atoms with van der Waals surface area (Å²) in [6, 6.07) is 20.6. The molecule has 2 heteroatoms. The lowest BCUT2D eigenvalue weighted by Gasteiger charge is -2.04. The predicted molar refractivity (Wildman–Crippen MR) is 86.5 cm³/mol. The van der Waals surface area contributed by atoms with Crippen molar-refractivity contribution in [3.63, 3.8) is 0 Å². The van der Waals surface area contributed by atoms with E-state index in [1.807, 2.05) is 30.5 Å². The second kappa shape index (κ2) is 3.83. The maximum atomic E-state index is 5.99. The molecule has 0 bridgehead atoms. The molecule has 2 heterocycles. The number of nitrogens with zero attached hydrogens (tertiary/aromatic N) is 1. The van der Waals surface area contributed by atoms with Gasteiger partial charge in [0.15, 0.2) is 0 Å². The molecule has 21 heavy (non-hydrogen) atoms. The number of furan rings is 1. The third kappa shape index (κ3) is 1.39. The summed E-state index contributed by atoms with van der Waals surface area (Å²) in [4.78, 5) is 4.55. The van der Waals surface area contributed by atoms with E-state index in [9.17, 15) is 0 Å². The standard InChI is InChI=1S/C19H11NO/c1-3-7-15-13(5-1)18-12(11-20-15)9-10-17-19(18)14-6-2-4-8-16(14)21-17/h1-11H. The Morgan fingerprint density at radius 2 is 1.48 bits per heavy atom. The van der Waals surface area contributed by atoms with Crippen LogP contribution in [0.2, 0.25) is 0 Å². The Kier molecular flexibility index (Phi) is 1.98. The Bertz CT molecular complexity index is 1140. The van der Waals surface area contributed by atoms with Crippen molar-refractivity contribution in [2.75, 3.05) is 0 Å². The zero-order valence-electron chi connectivity index (χ0n) is 11.2. The summed E-state index contributed by atoms with van der Waals surface area (Å²) in [7, 11) is 0. The van der Waals surface area contributed by atoms with Crippen molar-refractivity contribution >= 4 is 43.6 Å². The van der Waals surface area contributed by atoms with E-state index in [1.165, 1.54) is 16.2 Å². The van der Waals surface area contributed by atoms with Crippen LogP contribution in [0.1, 0.15) is 0 Å². The van der Waals surface area contributed by atoms with Crippen LogP contribution in [-0.2, 0) is 0 Å². The van der Waals surface area contributed by atoms with Crippen molar-refractivity contribution in [2.45, 2.75) is 0 Å². The molecule has 0 amide bonds. The summed E-state index contributed by atoms with van der Waals surface area (Å²) in [6.45, 7) is 0. The van der Waals surface area contributed by atoms with Gasteiger partial charge in [-0.05, 0) is 24.3 Å². The van der Waals surface area contributed by atoms with Gasteiger partial charge in [0, 0.05) is 33.1 Å². The van der Waals surface area contributed by atoms with Gasteiger partial charge >= 0.3 is 0 Å². The van der Waals surface area contributed by atoms with Crippen molar-refractivity contribution in [2.24, 2.45) is 0 Å². The zero-order chi connectivity index (χ0) is 13.8. The van der Waals surface area contributed by atoms with Gasteiger partial charge in [-0.15, -0.1) is 0 Å². The van der Waals surface area contributed by atoms with Crippen LogP contribution in [0.5, 0.6) is 0 Å². The molecule has 2 aromatic heterocycles. The van der Waals surface area contributed by atoms with E-state index in [0.717, 1.165) is 27.5 Å². The molecule has 0 N–H and O–H groups in total. The minimum atomic E-state index is 0.931. The summed E-state index contributed by atoms with van der Waals surface area (Å²) >= 11 is 0. The molecule has 0 atom stereocenters. The molecule has 0 aliphatic heterocycles. The number of hydrogen-bond donors (Lipinski definition) is 0. The first-order valence-electron chi connectivity index (χ1n) is 6.99. The van der Waals surface area contributed by atoms with E-state index in [-0.39, 0.29) is 0 Å². The topological polar surface area (TPSA) is 26.0 Å². The number of aromatic nitrogens is 1. The van der Waals surface area contributed by atoms with E-state index < -0.39 is 0 Å². The van der Waals surface area contributed by atoms with Crippen molar-refractivity contribution in [1.29, 1.82) is 0 Å². The number of benzene rings is 3. The average Bonchev–Trinajstić information content (AvgIpc) is 2.93. The molecule has 98 valence electrons. The maximum absolute atomic E-state index is 5.99. The molecule has 0 aliphatic rings. The van der Waals surface area contributed by atoms with Crippen LogP contribution in [0.3, 0.4) is 0 Å². The van der Waals surface area contributed by atoms with Crippen LogP contribution < -0.4 is 0 Å². The third-order valence-corrected chi connectivity index (χ3v) is 4.09. The Labute approximate surface area is 120 Å². The Morgan fingerprint density at radius 1 is 0.667 bits per heavy atom. The highest BCUT2D eigenvalue weighted by atomic mass is 16.3. The van der Waals surface area contributed by atoms with E-state index in [4.69, 9.17) is 4.42 Å². The Morgan fingerprint density at radius 3 is 2.43 bits per heavy atom. The van der Waals surface area contributed by atoms with E-state index in [2.05, 4.69) is 41.4 Å². The molecule has 0 fully saturated rings. The molecule has 0 saturated heterocycles. The summed E-state index contributed by atoms with van der Waals surface area (Å²) in [5.41, 5.74) is 2.88. The van der Waals surface area contributed by atoms with Gasteiger partial charge in [0.25, 0.3) is 0 Å². The molecule has 0 saturated carbocycles. The van der Waals surface area contributed by atoms with Gasteiger partial charge in [-0.1, -0.05) is 36.4 Å². The monoisotopic (exact) mass is 269 g/mol.